The third-order valence-electron chi connectivity index (χ3n) is 3.63. The average molecular weight is 373 g/mol. The van der Waals surface area contributed by atoms with Crippen molar-refractivity contribution in [1.82, 2.24) is 9.66 Å². The Kier molecular flexibility index (Phi) is 4.15. The summed E-state index contributed by atoms with van der Waals surface area (Å²) in [4.78, 5) is 17.7. The first kappa shape index (κ1) is 17.2. The van der Waals surface area contributed by atoms with Crippen LogP contribution < -0.4 is 5.56 Å². The minimum atomic E-state index is -2.27. The molecule has 0 bridgehead atoms. The smallest absolute Gasteiger partial charge is 0.267 e. The van der Waals surface area contributed by atoms with E-state index in [0.717, 1.165) is 11.2 Å². The fraction of sp³-hybridized carbons (Fsp3) is 0.133. The van der Waals surface area contributed by atoms with Crippen LogP contribution in [0.1, 0.15) is 16.0 Å². The number of nitrogens with zero attached hydrogens (tertiary/aromatic N) is 3. The van der Waals surface area contributed by atoms with Crippen molar-refractivity contribution in [3.63, 3.8) is 0 Å². The lowest BCUT2D eigenvalue weighted by Crippen LogP contribution is -2.17. The summed E-state index contributed by atoms with van der Waals surface area (Å²) < 4.78 is 67.2. The third kappa shape index (κ3) is 2.62. The predicted molar refractivity (Wildman–Crippen MR) is 82.6 cm³/mol. The van der Waals surface area contributed by atoms with Gasteiger partial charge in [-0.1, -0.05) is 0 Å². The molecule has 0 radical (unpaired) electrons. The van der Waals surface area contributed by atoms with E-state index in [-0.39, 0.29) is 5.39 Å². The monoisotopic (exact) mass is 373 g/mol. The lowest BCUT2D eigenvalue weighted by molar-refractivity contribution is 0.377. The van der Waals surface area contributed by atoms with Gasteiger partial charge in [0.25, 0.3) is 5.56 Å². The van der Waals surface area contributed by atoms with Gasteiger partial charge in [-0.2, -0.15) is 9.78 Å². The Balaban J connectivity index is 2.16. The highest BCUT2D eigenvalue weighted by molar-refractivity contribution is 7.18. The van der Waals surface area contributed by atoms with E-state index in [1.165, 1.54) is 11.3 Å². The van der Waals surface area contributed by atoms with Gasteiger partial charge in [-0.3, -0.25) is 4.79 Å². The van der Waals surface area contributed by atoms with Crippen molar-refractivity contribution in [3.05, 3.63) is 61.8 Å². The van der Waals surface area contributed by atoms with Crippen molar-refractivity contribution in [3.8, 4) is 0 Å². The Bertz CT molecular complexity index is 1070. The van der Waals surface area contributed by atoms with Gasteiger partial charge in [-0.15, -0.1) is 11.3 Å². The van der Waals surface area contributed by atoms with E-state index >= 15 is 0 Å². The first-order valence-corrected chi connectivity index (χ1v) is 7.58. The van der Waals surface area contributed by atoms with Crippen LogP contribution in [0.4, 0.5) is 22.0 Å². The zero-order valence-electron chi connectivity index (χ0n) is 12.7. The van der Waals surface area contributed by atoms with Crippen LogP contribution in [0.15, 0.2) is 16.2 Å². The maximum Gasteiger partial charge on any atom is 0.282 e. The van der Waals surface area contributed by atoms with Crippen molar-refractivity contribution in [2.24, 2.45) is 5.10 Å². The predicted octanol–water partition coefficient (Wildman–Crippen LogP) is 3.65. The summed E-state index contributed by atoms with van der Waals surface area (Å²) in [5.41, 5.74) is -1.19. The molecule has 3 rings (SSSR count). The van der Waals surface area contributed by atoms with Gasteiger partial charge in [0, 0.05) is 4.88 Å². The molecule has 2 aromatic heterocycles. The van der Waals surface area contributed by atoms with Crippen LogP contribution in [-0.2, 0) is 0 Å². The molecule has 0 N–H and O–H groups in total. The van der Waals surface area contributed by atoms with Crippen LogP contribution in [-0.4, -0.2) is 15.9 Å². The van der Waals surface area contributed by atoms with Gasteiger partial charge in [-0.25, -0.2) is 26.9 Å². The SMILES string of the molecule is Cc1sc2ncn(N=Cc3c(F)c(F)c(F)c(F)c3F)c(=O)c2c1C. The highest BCUT2D eigenvalue weighted by Gasteiger charge is 2.24. The van der Waals surface area contributed by atoms with Crippen molar-refractivity contribution in [1.29, 1.82) is 0 Å². The first-order chi connectivity index (χ1) is 11.7. The van der Waals surface area contributed by atoms with Gasteiger partial charge in [-0.05, 0) is 19.4 Å². The second-order valence-electron chi connectivity index (χ2n) is 5.09. The molecule has 0 aliphatic carbocycles. The summed E-state index contributed by atoms with van der Waals surface area (Å²) in [5.74, 6) is -10.5. The lowest BCUT2D eigenvalue weighted by Gasteiger charge is -2.04. The third-order valence-corrected chi connectivity index (χ3v) is 4.74. The second-order valence-corrected chi connectivity index (χ2v) is 6.29. The van der Waals surface area contributed by atoms with Crippen molar-refractivity contribution in [2.45, 2.75) is 13.8 Å². The Morgan fingerprint density at radius 2 is 1.60 bits per heavy atom. The zero-order valence-corrected chi connectivity index (χ0v) is 13.5. The highest BCUT2D eigenvalue weighted by atomic mass is 32.1. The number of aryl methyl sites for hydroxylation is 2. The summed E-state index contributed by atoms with van der Waals surface area (Å²) in [6.07, 6.45) is 1.39. The Labute approximate surface area is 140 Å². The Morgan fingerprint density at radius 3 is 2.20 bits per heavy atom. The van der Waals surface area contributed by atoms with Crippen molar-refractivity contribution < 1.29 is 22.0 Å². The molecule has 0 saturated heterocycles. The van der Waals surface area contributed by atoms with E-state index < -0.39 is 40.2 Å². The molecule has 0 fully saturated rings. The molecule has 130 valence electrons. The molecule has 0 saturated carbocycles. The van der Waals surface area contributed by atoms with Gasteiger partial charge >= 0.3 is 0 Å². The zero-order chi connectivity index (χ0) is 18.5. The normalized spacial score (nSPS) is 11.8. The van der Waals surface area contributed by atoms with Gasteiger partial charge in [0.05, 0.1) is 17.2 Å². The largest absolute Gasteiger partial charge is 0.282 e. The molecular formula is C15H8F5N3OS. The number of halogens is 5. The fourth-order valence-electron chi connectivity index (χ4n) is 2.16. The van der Waals surface area contributed by atoms with Crippen molar-refractivity contribution >= 4 is 27.8 Å². The van der Waals surface area contributed by atoms with E-state index in [9.17, 15) is 26.7 Å². The number of fused-ring (bicyclic) bond motifs is 1. The molecule has 0 atom stereocenters. The molecule has 0 unspecified atom stereocenters. The van der Waals surface area contributed by atoms with E-state index in [2.05, 4.69) is 10.1 Å². The quantitative estimate of drug-likeness (QED) is 0.298. The number of benzene rings is 1. The minimum Gasteiger partial charge on any atom is -0.267 e. The van der Waals surface area contributed by atoms with Crippen molar-refractivity contribution in [2.75, 3.05) is 0 Å². The molecule has 3 aromatic rings. The Morgan fingerprint density at radius 1 is 1.04 bits per heavy atom. The molecular weight excluding hydrogens is 365 g/mol. The van der Waals surface area contributed by atoms with Crippen LogP contribution in [0.25, 0.3) is 10.2 Å². The van der Waals surface area contributed by atoms with Crippen LogP contribution in [0, 0.1) is 42.9 Å². The summed E-state index contributed by atoms with van der Waals surface area (Å²) in [5, 5.41) is 3.77. The van der Waals surface area contributed by atoms with Gasteiger partial charge in [0.15, 0.2) is 23.3 Å². The lowest BCUT2D eigenvalue weighted by atomic mass is 10.2. The molecule has 0 aliphatic heterocycles. The van der Waals surface area contributed by atoms with Gasteiger partial charge < -0.3 is 0 Å². The second kappa shape index (κ2) is 6.03. The number of hydrogen-bond acceptors (Lipinski definition) is 4. The van der Waals surface area contributed by atoms with E-state index in [4.69, 9.17) is 0 Å². The van der Waals surface area contributed by atoms with Crippen LogP contribution in [0.3, 0.4) is 0 Å². The number of hydrogen-bond donors (Lipinski definition) is 0. The van der Waals surface area contributed by atoms with Crippen LogP contribution in [0.2, 0.25) is 0 Å². The van der Waals surface area contributed by atoms with Crippen LogP contribution in [0.5, 0.6) is 0 Å². The average Bonchev–Trinajstić information content (AvgIpc) is 2.88. The van der Waals surface area contributed by atoms with Gasteiger partial charge in [0.1, 0.15) is 11.2 Å². The molecule has 0 amide bonds. The highest BCUT2D eigenvalue weighted by Crippen LogP contribution is 2.25. The molecule has 2 heterocycles. The number of aromatic nitrogens is 2. The maximum absolute atomic E-state index is 13.6. The molecule has 4 nitrogen and oxygen atoms in total. The standard InChI is InChI=1S/C15H8F5N3OS/c1-5-6(2)25-14-8(5)15(24)23(4-21-14)22-3-7-9(16)11(18)13(20)12(19)10(7)17/h3-4H,1-2H3. The summed E-state index contributed by atoms with van der Waals surface area (Å²) in [6, 6.07) is 0. The molecule has 0 spiro atoms. The summed E-state index contributed by atoms with van der Waals surface area (Å²) >= 11 is 1.29. The number of rotatable bonds is 2. The van der Waals surface area contributed by atoms with E-state index in [1.54, 1.807) is 13.8 Å². The van der Waals surface area contributed by atoms with E-state index in [0.29, 0.717) is 21.3 Å². The van der Waals surface area contributed by atoms with E-state index in [1.807, 2.05) is 0 Å². The Hall–Kier alpha value is -2.62. The maximum atomic E-state index is 13.6. The summed E-state index contributed by atoms with van der Waals surface area (Å²) in [6.45, 7) is 3.50. The van der Waals surface area contributed by atoms with Gasteiger partial charge in [0.2, 0.25) is 5.82 Å². The molecule has 10 heteroatoms. The summed E-state index contributed by atoms with van der Waals surface area (Å²) in [7, 11) is 0. The molecule has 0 aliphatic rings. The first-order valence-electron chi connectivity index (χ1n) is 6.77. The molecule has 1 aromatic carbocycles. The minimum absolute atomic E-state index is 0.277. The molecule has 25 heavy (non-hydrogen) atoms. The fourth-order valence-corrected chi connectivity index (χ4v) is 3.15. The number of thiophene rings is 1. The topological polar surface area (TPSA) is 47.2 Å². The van der Waals surface area contributed by atoms with Crippen LogP contribution >= 0.6 is 11.3 Å².